The molecule has 170 valence electrons. The fourth-order valence-electron chi connectivity index (χ4n) is 5.30. The molecule has 4 atom stereocenters. The monoisotopic (exact) mass is 444 g/mol. The van der Waals surface area contributed by atoms with Gasteiger partial charge in [-0.15, -0.1) is 0 Å². The molecule has 4 unspecified atom stereocenters. The minimum atomic E-state index is -4.38. The van der Waals surface area contributed by atoms with Crippen molar-refractivity contribution in [2.24, 2.45) is 11.8 Å². The van der Waals surface area contributed by atoms with E-state index < -0.39 is 11.7 Å². The molecule has 2 saturated carbocycles. The SMILES string of the molecule is CCOC1CCC2CC(c3ccc(C#Cc4ccc(C(F)(F)F)cc4)c(F)c3)CCC2C1. The number of hydrogen-bond acceptors (Lipinski definition) is 1. The third-order valence-electron chi connectivity index (χ3n) is 6.99. The molecule has 0 radical (unpaired) electrons. The van der Waals surface area contributed by atoms with Crippen molar-refractivity contribution in [3.8, 4) is 11.8 Å². The summed E-state index contributed by atoms with van der Waals surface area (Å²) in [5, 5.41) is 0. The summed E-state index contributed by atoms with van der Waals surface area (Å²) in [5.41, 5.74) is 0.981. The molecule has 2 aromatic carbocycles. The van der Waals surface area contributed by atoms with Crippen LogP contribution in [0.3, 0.4) is 0 Å². The molecule has 0 aliphatic heterocycles. The molecule has 2 aliphatic rings. The highest BCUT2D eigenvalue weighted by Gasteiger charge is 2.36. The van der Waals surface area contributed by atoms with E-state index >= 15 is 0 Å². The van der Waals surface area contributed by atoms with Crippen LogP contribution in [-0.4, -0.2) is 12.7 Å². The van der Waals surface area contributed by atoms with Gasteiger partial charge in [0, 0.05) is 12.2 Å². The van der Waals surface area contributed by atoms with Gasteiger partial charge in [0.2, 0.25) is 0 Å². The second-order valence-corrected chi connectivity index (χ2v) is 8.98. The zero-order chi connectivity index (χ0) is 22.7. The van der Waals surface area contributed by atoms with Gasteiger partial charge in [-0.1, -0.05) is 17.9 Å². The third-order valence-corrected chi connectivity index (χ3v) is 6.99. The van der Waals surface area contributed by atoms with Gasteiger partial charge < -0.3 is 4.74 Å². The summed E-state index contributed by atoms with van der Waals surface area (Å²) < 4.78 is 58.6. The summed E-state index contributed by atoms with van der Waals surface area (Å²) >= 11 is 0. The summed E-state index contributed by atoms with van der Waals surface area (Å²) in [6.07, 6.45) is 2.80. The molecule has 0 aromatic heterocycles. The second kappa shape index (κ2) is 9.67. The van der Waals surface area contributed by atoms with Gasteiger partial charge in [-0.3, -0.25) is 0 Å². The molecule has 0 heterocycles. The molecule has 0 spiro atoms. The van der Waals surface area contributed by atoms with Crippen molar-refractivity contribution in [1.82, 2.24) is 0 Å². The number of rotatable bonds is 3. The smallest absolute Gasteiger partial charge is 0.378 e. The fourth-order valence-corrected chi connectivity index (χ4v) is 5.30. The lowest BCUT2D eigenvalue weighted by Crippen LogP contribution is -2.33. The number of ether oxygens (including phenoxy) is 1. The maximum Gasteiger partial charge on any atom is 0.416 e. The minimum absolute atomic E-state index is 0.263. The van der Waals surface area contributed by atoms with Crippen LogP contribution in [0.2, 0.25) is 0 Å². The molecular formula is C27H28F4O. The molecule has 2 aromatic rings. The Morgan fingerprint density at radius 3 is 2.31 bits per heavy atom. The zero-order valence-electron chi connectivity index (χ0n) is 18.2. The van der Waals surface area contributed by atoms with Crippen LogP contribution in [0, 0.1) is 29.5 Å². The van der Waals surface area contributed by atoms with Crippen molar-refractivity contribution >= 4 is 0 Å². The highest BCUT2D eigenvalue weighted by molar-refractivity contribution is 5.45. The van der Waals surface area contributed by atoms with E-state index in [1.165, 1.54) is 18.6 Å². The van der Waals surface area contributed by atoms with Gasteiger partial charge in [-0.2, -0.15) is 13.2 Å². The quantitative estimate of drug-likeness (QED) is 0.356. The standard InChI is InChI=1S/C27H28F4O/c1-2-32-25-14-11-21-15-20(9-10-22(21)16-25)23-8-7-19(26(28)17-23)6-3-18-4-12-24(13-5-18)27(29,30)31/h4-5,7-8,12-13,17,20-22,25H,2,9-11,14-16H2,1H3. The molecule has 0 N–H and O–H groups in total. The van der Waals surface area contributed by atoms with Gasteiger partial charge in [-0.05, 0) is 105 Å². The molecule has 2 fully saturated rings. The molecule has 32 heavy (non-hydrogen) atoms. The fraction of sp³-hybridized carbons (Fsp3) is 0.481. The summed E-state index contributed by atoms with van der Waals surface area (Å²) in [6, 6.07) is 9.83. The number of fused-ring (bicyclic) bond motifs is 1. The van der Waals surface area contributed by atoms with E-state index in [9.17, 15) is 17.6 Å². The summed E-state index contributed by atoms with van der Waals surface area (Å²) in [7, 11) is 0. The summed E-state index contributed by atoms with van der Waals surface area (Å²) in [4.78, 5) is 0. The highest BCUT2D eigenvalue weighted by atomic mass is 19.4. The number of benzene rings is 2. The van der Waals surface area contributed by atoms with Crippen LogP contribution in [0.15, 0.2) is 42.5 Å². The van der Waals surface area contributed by atoms with E-state index in [0.717, 1.165) is 62.3 Å². The molecule has 0 amide bonds. The van der Waals surface area contributed by atoms with Crippen LogP contribution in [0.5, 0.6) is 0 Å². The first-order valence-electron chi connectivity index (χ1n) is 11.4. The van der Waals surface area contributed by atoms with Crippen LogP contribution >= 0.6 is 0 Å². The number of hydrogen-bond donors (Lipinski definition) is 0. The van der Waals surface area contributed by atoms with Crippen molar-refractivity contribution in [3.63, 3.8) is 0 Å². The summed E-state index contributed by atoms with van der Waals surface area (Å²) in [6.45, 7) is 2.83. The van der Waals surface area contributed by atoms with E-state index in [1.54, 1.807) is 12.1 Å². The van der Waals surface area contributed by atoms with Gasteiger partial charge in [0.25, 0.3) is 0 Å². The largest absolute Gasteiger partial charge is 0.416 e. The maximum atomic E-state index is 14.7. The molecule has 4 rings (SSSR count). The van der Waals surface area contributed by atoms with Crippen LogP contribution in [0.4, 0.5) is 17.6 Å². The topological polar surface area (TPSA) is 9.23 Å². The van der Waals surface area contributed by atoms with Crippen molar-refractivity contribution in [1.29, 1.82) is 0 Å². The van der Waals surface area contributed by atoms with E-state index in [2.05, 4.69) is 18.8 Å². The molecule has 2 aliphatic carbocycles. The third kappa shape index (κ3) is 5.35. The normalized spacial score (nSPS) is 25.5. The second-order valence-electron chi connectivity index (χ2n) is 8.98. The summed E-state index contributed by atoms with van der Waals surface area (Å²) in [5.74, 6) is 6.92. The van der Waals surface area contributed by atoms with E-state index in [0.29, 0.717) is 23.5 Å². The first-order valence-corrected chi connectivity index (χ1v) is 11.4. The van der Waals surface area contributed by atoms with Crippen molar-refractivity contribution < 1.29 is 22.3 Å². The number of alkyl halides is 3. The van der Waals surface area contributed by atoms with Crippen molar-refractivity contribution in [2.45, 2.75) is 63.6 Å². The van der Waals surface area contributed by atoms with Crippen LogP contribution in [-0.2, 0) is 10.9 Å². The Morgan fingerprint density at radius 2 is 1.62 bits per heavy atom. The average Bonchev–Trinajstić information content (AvgIpc) is 2.78. The first-order chi connectivity index (χ1) is 15.3. The number of halogens is 4. The van der Waals surface area contributed by atoms with Crippen molar-refractivity contribution in [2.75, 3.05) is 6.61 Å². The van der Waals surface area contributed by atoms with Gasteiger partial charge >= 0.3 is 6.18 Å². The van der Waals surface area contributed by atoms with Crippen LogP contribution in [0.1, 0.15) is 73.6 Å². The van der Waals surface area contributed by atoms with Crippen LogP contribution < -0.4 is 0 Å². The lowest BCUT2D eigenvalue weighted by molar-refractivity contribution is -0.137. The van der Waals surface area contributed by atoms with Gasteiger partial charge in [0.05, 0.1) is 17.2 Å². The molecule has 0 bridgehead atoms. The predicted molar refractivity (Wildman–Crippen MR) is 117 cm³/mol. The Labute approximate surface area is 187 Å². The lowest BCUT2D eigenvalue weighted by atomic mass is 9.65. The Morgan fingerprint density at radius 1 is 0.906 bits per heavy atom. The van der Waals surface area contributed by atoms with Gasteiger partial charge in [0.1, 0.15) is 5.82 Å². The van der Waals surface area contributed by atoms with Gasteiger partial charge in [0.15, 0.2) is 0 Å². The highest BCUT2D eigenvalue weighted by Crippen LogP contribution is 2.46. The Bertz CT molecular complexity index is 983. The van der Waals surface area contributed by atoms with E-state index in [1.807, 2.05) is 6.07 Å². The zero-order valence-corrected chi connectivity index (χ0v) is 18.2. The Kier molecular flexibility index (Phi) is 6.90. The first kappa shape index (κ1) is 22.9. The van der Waals surface area contributed by atoms with E-state index in [4.69, 9.17) is 4.74 Å². The molecular weight excluding hydrogens is 416 g/mol. The molecule has 5 heteroatoms. The van der Waals surface area contributed by atoms with E-state index in [-0.39, 0.29) is 11.4 Å². The predicted octanol–water partition coefficient (Wildman–Crippen LogP) is 7.33. The van der Waals surface area contributed by atoms with Gasteiger partial charge in [-0.25, -0.2) is 4.39 Å². The Hall–Kier alpha value is -2.32. The van der Waals surface area contributed by atoms with Crippen LogP contribution in [0.25, 0.3) is 0 Å². The maximum absolute atomic E-state index is 14.7. The molecule has 1 nitrogen and oxygen atoms in total. The Balaban J connectivity index is 1.41. The lowest BCUT2D eigenvalue weighted by Gasteiger charge is -2.42. The average molecular weight is 445 g/mol. The minimum Gasteiger partial charge on any atom is -0.378 e. The molecule has 0 saturated heterocycles. The van der Waals surface area contributed by atoms with Crippen molar-refractivity contribution in [3.05, 3.63) is 70.5 Å².